The molecule has 0 spiro atoms. The van der Waals surface area contributed by atoms with E-state index in [4.69, 9.17) is 9.47 Å². The summed E-state index contributed by atoms with van der Waals surface area (Å²) in [6.07, 6.45) is -5.37. The number of carbonyl (C=O) groups excluding carboxylic acids is 2. The van der Waals surface area contributed by atoms with E-state index >= 15 is 0 Å². The molecule has 0 aliphatic carbocycles. The predicted octanol–water partition coefficient (Wildman–Crippen LogP) is 2.11. The van der Waals surface area contributed by atoms with Crippen LogP contribution in [0.4, 0.5) is 13.2 Å². The Labute approximate surface area is 160 Å². The molecule has 0 saturated carbocycles. The van der Waals surface area contributed by atoms with E-state index in [0.29, 0.717) is 13.2 Å². The second kappa shape index (κ2) is 7.83. The molecule has 2 aliphatic heterocycles. The molecule has 1 atom stereocenters. The molecule has 1 fully saturated rings. The van der Waals surface area contributed by atoms with Crippen molar-refractivity contribution in [1.29, 1.82) is 0 Å². The van der Waals surface area contributed by atoms with Gasteiger partial charge >= 0.3 is 12.1 Å². The van der Waals surface area contributed by atoms with E-state index in [1.807, 2.05) is 0 Å². The molecular formula is C19H21F3N2O4. The van der Waals surface area contributed by atoms with Crippen molar-refractivity contribution in [1.82, 2.24) is 10.2 Å². The van der Waals surface area contributed by atoms with Crippen LogP contribution in [0.2, 0.25) is 0 Å². The summed E-state index contributed by atoms with van der Waals surface area (Å²) in [5.41, 5.74) is -3.06. The number of benzene rings is 1. The molecule has 9 heteroatoms. The summed E-state index contributed by atoms with van der Waals surface area (Å²) < 4.78 is 53.0. The van der Waals surface area contributed by atoms with Gasteiger partial charge in [-0.05, 0) is 12.5 Å². The number of hydrogen-bond acceptors (Lipinski definition) is 5. The van der Waals surface area contributed by atoms with Crippen molar-refractivity contribution in [3.8, 4) is 0 Å². The normalized spacial score (nSPS) is 23.4. The molecule has 152 valence electrons. The van der Waals surface area contributed by atoms with Crippen LogP contribution in [0.25, 0.3) is 0 Å². The zero-order valence-electron chi connectivity index (χ0n) is 15.3. The standard InChI is InChI=1S/C19H21F3N2O4/c1-2-28-17(26)15-14(24-8-10-27-11-9-24)12-18(19(20,21)22,23-16(15)25)13-6-4-3-5-7-13/h3-7H,2,8-12H2,1H3,(H,23,25)/t18-/m0/s1. The largest absolute Gasteiger partial charge is 0.462 e. The van der Waals surface area contributed by atoms with E-state index in [1.165, 1.54) is 24.3 Å². The molecule has 2 heterocycles. The van der Waals surface area contributed by atoms with Gasteiger partial charge in [0, 0.05) is 25.2 Å². The first kappa shape index (κ1) is 20.2. The van der Waals surface area contributed by atoms with Crippen LogP contribution in [-0.4, -0.2) is 55.9 Å². The van der Waals surface area contributed by atoms with Crippen LogP contribution in [0.5, 0.6) is 0 Å². The molecule has 1 aromatic carbocycles. The second-order valence-corrected chi connectivity index (χ2v) is 6.54. The van der Waals surface area contributed by atoms with Crippen LogP contribution in [0.3, 0.4) is 0 Å². The lowest BCUT2D eigenvalue weighted by molar-refractivity contribution is -0.205. The Morgan fingerprint density at radius 2 is 1.89 bits per heavy atom. The number of carbonyl (C=O) groups is 2. The molecule has 0 aromatic heterocycles. The molecule has 1 amide bonds. The number of halogens is 3. The number of hydrogen-bond donors (Lipinski definition) is 1. The summed E-state index contributed by atoms with van der Waals surface area (Å²) in [4.78, 5) is 26.8. The molecule has 6 nitrogen and oxygen atoms in total. The minimum atomic E-state index is -4.78. The maximum absolute atomic E-state index is 14.3. The van der Waals surface area contributed by atoms with Gasteiger partial charge in [-0.25, -0.2) is 4.79 Å². The number of morpholine rings is 1. The summed E-state index contributed by atoms with van der Waals surface area (Å²) in [5, 5.41) is 2.06. The number of nitrogens with one attached hydrogen (secondary N) is 1. The highest BCUT2D eigenvalue weighted by atomic mass is 19.4. The van der Waals surface area contributed by atoms with Gasteiger partial charge < -0.3 is 19.7 Å². The van der Waals surface area contributed by atoms with Gasteiger partial charge in [-0.3, -0.25) is 4.79 Å². The number of nitrogens with zero attached hydrogens (tertiary/aromatic N) is 1. The Morgan fingerprint density at radius 3 is 2.46 bits per heavy atom. The third-order valence-electron chi connectivity index (χ3n) is 4.90. The number of esters is 1. The fourth-order valence-electron chi connectivity index (χ4n) is 3.52. The van der Waals surface area contributed by atoms with E-state index in [-0.39, 0.29) is 36.5 Å². The van der Waals surface area contributed by atoms with E-state index < -0.39 is 30.0 Å². The van der Waals surface area contributed by atoms with Gasteiger partial charge in [0.15, 0.2) is 5.54 Å². The summed E-state index contributed by atoms with van der Waals surface area (Å²) in [6.45, 7) is 2.74. The van der Waals surface area contributed by atoms with Gasteiger partial charge in [-0.15, -0.1) is 0 Å². The minimum absolute atomic E-state index is 0.00903. The first-order chi connectivity index (χ1) is 13.3. The molecule has 3 rings (SSSR count). The van der Waals surface area contributed by atoms with Crippen molar-refractivity contribution in [3.63, 3.8) is 0 Å². The van der Waals surface area contributed by atoms with E-state index in [0.717, 1.165) is 0 Å². The van der Waals surface area contributed by atoms with Crippen molar-refractivity contribution in [2.75, 3.05) is 32.9 Å². The monoisotopic (exact) mass is 398 g/mol. The summed E-state index contributed by atoms with van der Waals surface area (Å²) in [6, 6.07) is 7.20. The highest BCUT2D eigenvalue weighted by Crippen LogP contribution is 2.46. The molecular weight excluding hydrogens is 377 g/mol. The molecule has 28 heavy (non-hydrogen) atoms. The van der Waals surface area contributed by atoms with Crippen LogP contribution in [-0.2, 0) is 24.6 Å². The zero-order chi connectivity index (χ0) is 20.4. The third-order valence-corrected chi connectivity index (χ3v) is 4.90. The van der Waals surface area contributed by atoms with Gasteiger partial charge in [0.25, 0.3) is 5.91 Å². The van der Waals surface area contributed by atoms with Gasteiger partial charge in [-0.1, -0.05) is 30.3 Å². The molecule has 1 aromatic rings. The molecule has 0 unspecified atom stereocenters. The fourth-order valence-corrected chi connectivity index (χ4v) is 3.52. The molecule has 0 radical (unpaired) electrons. The zero-order valence-corrected chi connectivity index (χ0v) is 15.3. The highest BCUT2D eigenvalue weighted by molar-refractivity contribution is 6.17. The molecule has 0 bridgehead atoms. The third kappa shape index (κ3) is 3.58. The van der Waals surface area contributed by atoms with Crippen molar-refractivity contribution in [2.45, 2.75) is 25.1 Å². The average molecular weight is 398 g/mol. The van der Waals surface area contributed by atoms with Gasteiger partial charge in [0.05, 0.1) is 19.8 Å². The first-order valence-electron chi connectivity index (χ1n) is 8.98. The lowest BCUT2D eigenvalue weighted by Crippen LogP contribution is -2.61. The number of alkyl halides is 3. The maximum Gasteiger partial charge on any atom is 0.416 e. The second-order valence-electron chi connectivity index (χ2n) is 6.54. The van der Waals surface area contributed by atoms with Crippen LogP contribution in [0, 0.1) is 0 Å². The molecule has 2 aliphatic rings. The molecule has 1 saturated heterocycles. The van der Waals surface area contributed by atoms with Crippen LogP contribution in [0.15, 0.2) is 41.6 Å². The van der Waals surface area contributed by atoms with Crippen molar-refractivity contribution in [3.05, 3.63) is 47.2 Å². The number of rotatable bonds is 4. The Balaban J connectivity index is 2.15. The number of amides is 1. The van der Waals surface area contributed by atoms with E-state index in [9.17, 15) is 22.8 Å². The van der Waals surface area contributed by atoms with Crippen LogP contribution >= 0.6 is 0 Å². The highest BCUT2D eigenvalue weighted by Gasteiger charge is 2.60. The average Bonchev–Trinajstić information content (AvgIpc) is 2.68. The molecule has 1 N–H and O–H groups in total. The summed E-state index contributed by atoms with van der Waals surface area (Å²) in [5.74, 6) is -2.02. The minimum Gasteiger partial charge on any atom is -0.462 e. The van der Waals surface area contributed by atoms with Gasteiger partial charge in [0.2, 0.25) is 0 Å². The predicted molar refractivity (Wildman–Crippen MR) is 93.0 cm³/mol. The first-order valence-corrected chi connectivity index (χ1v) is 8.98. The Kier molecular flexibility index (Phi) is 5.64. The van der Waals surface area contributed by atoms with E-state index in [1.54, 1.807) is 17.9 Å². The summed E-state index contributed by atoms with van der Waals surface area (Å²) >= 11 is 0. The lowest BCUT2D eigenvalue weighted by atomic mass is 9.80. The topological polar surface area (TPSA) is 67.9 Å². The SMILES string of the molecule is CCOC(=O)C1=C(N2CCOCC2)C[C@](c2ccccc2)(C(F)(F)F)NC1=O. The van der Waals surface area contributed by atoms with Gasteiger partial charge in [0.1, 0.15) is 5.57 Å². The lowest BCUT2D eigenvalue weighted by Gasteiger charge is -2.44. The Bertz CT molecular complexity index is 773. The number of ether oxygens (including phenoxy) is 2. The Hall–Kier alpha value is -2.55. The quantitative estimate of drug-likeness (QED) is 0.622. The van der Waals surface area contributed by atoms with Crippen molar-refractivity contribution in [2.24, 2.45) is 0 Å². The van der Waals surface area contributed by atoms with E-state index in [2.05, 4.69) is 5.32 Å². The fraction of sp³-hybridized carbons (Fsp3) is 0.474. The smallest absolute Gasteiger partial charge is 0.416 e. The summed E-state index contributed by atoms with van der Waals surface area (Å²) in [7, 11) is 0. The maximum atomic E-state index is 14.3. The van der Waals surface area contributed by atoms with Crippen LogP contribution in [0.1, 0.15) is 18.9 Å². The van der Waals surface area contributed by atoms with Crippen LogP contribution < -0.4 is 5.32 Å². The van der Waals surface area contributed by atoms with Crippen molar-refractivity contribution < 1.29 is 32.2 Å². The Morgan fingerprint density at radius 1 is 1.25 bits per heavy atom. The van der Waals surface area contributed by atoms with Crippen molar-refractivity contribution >= 4 is 11.9 Å². The van der Waals surface area contributed by atoms with Gasteiger partial charge in [-0.2, -0.15) is 13.2 Å².